The van der Waals surface area contributed by atoms with Crippen LogP contribution in [0.15, 0.2) is 41.5 Å². The molecule has 6 heteroatoms. The van der Waals surface area contributed by atoms with E-state index in [1.165, 1.54) is 30.4 Å². The van der Waals surface area contributed by atoms with Crippen LogP contribution in [-0.4, -0.2) is 35.5 Å². The summed E-state index contributed by atoms with van der Waals surface area (Å²) in [7, 11) is 0. The molecule has 0 aromatic heterocycles. The SMILES string of the molecule is CCC[C@H]1[C@@H](OC(=O)CC(C)(C)C(=O)O)CC[C@]2(C)[C@H]3CC[C@@H]4C5=C(C(C)C)C(=O)C[C@]5(CCNCc5ccccc5)CC[C@@]4(C)[C@]3(C)CC[C@@H]12. The first kappa shape index (κ1) is 38.3. The molecule has 0 spiro atoms. The van der Waals surface area contributed by atoms with E-state index in [2.05, 4.69) is 77.2 Å². The molecule has 6 rings (SSSR count). The molecule has 0 unspecified atom stereocenters. The van der Waals surface area contributed by atoms with E-state index in [4.69, 9.17) is 4.74 Å². The number of carboxylic acids is 1. The Hall–Kier alpha value is -2.47. The molecule has 51 heavy (non-hydrogen) atoms. The Morgan fingerprint density at radius 2 is 1.71 bits per heavy atom. The molecule has 5 aliphatic carbocycles. The van der Waals surface area contributed by atoms with Gasteiger partial charge in [-0.25, -0.2) is 0 Å². The molecule has 4 saturated carbocycles. The van der Waals surface area contributed by atoms with Crippen LogP contribution in [0.25, 0.3) is 0 Å². The van der Waals surface area contributed by atoms with Crippen LogP contribution in [0.4, 0.5) is 0 Å². The number of ketones is 1. The monoisotopic (exact) mass is 702 g/mol. The van der Waals surface area contributed by atoms with Crippen molar-refractivity contribution in [1.82, 2.24) is 5.32 Å². The van der Waals surface area contributed by atoms with Crippen molar-refractivity contribution in [2.24, 2.45) is 56.7 Å². The summed E-state index contributed by atoms with van der Waals surface area (Å²) in [5.74, 6) is 1.18. The Kier molecular flexibility index (Phi) is 10.6. The number of esters is 1. The van der Waals surface area contributed by atoms with Crippen LogP contribution < -0.4 is 5.32 Å². The summed E-state index contributed by atoms with van der Waals surface area (Å²) in [5, 5.41) is 13.4. The third-order valence-electron chi connectivity index (χ3n) is 15.9. The molecule has 5 aliphatic rings. The molecule has 282 valence electrons. The number of carboxylic acid groups (broad SMARTS) is 1. The maximum absolute atomic E-state index is 14.0. The lowest BCUT2D eigenvalue weighted by molar-refractivity contribution is -0.218. The highest BCUT2D eigenvalue weighted by atomic mass is 16.5. The molecule has 2 N–H and O–H groups in total. The van der Waals surface area contributed by atoms with E-state index in [-0.39, 0.29) is 46.1 Å². The standard InChI is InChI=1S/C45H67NO5/c1-9-13-31-32-18-21-44(8)36(42(32,6)20-19-35(31)51-37(48)27-41(4,5)40(49)50)17-16-33-39-38(29(2)3)34(47)26-45(39,23-22-43(33,44)7)24-25-46-28-30-14-11-10-12-15-30/h10-12,14-15,29,31-33,35-36,46H,9,13,16-28H2,1-8H3,(H,49,50)/t31-,32+,33-,35+,36-,42+,43-,44-,45-/m1/s1. The molecular weight excluding hydrogens is 634 g/mol. The highest BCUT2D eigenvalue weighted by molar-refractivity contribution is 6.00. The van der Waals surface area contributed by atoms with Crippen molar-refractivity contribution in [2.75, 3.05) is 6.54 Å². The number of hydrogen-bond donors (Lipinski definition) is 2. The fraction of sp³-hybridized carbons (Fsp3) is 0.756. The first-order valence-corrected chi connectivity index (χ1v) is 20.5. The van der Waals surface area contributed by atoms with E-state index in [1.807, 2.05) is 0 Å². The van der Waals surface area contributed by atoms with E-state index in [0.29, 0.717) is 35.9 Å². The maximum Gasteiger partial charge on any atom is 0.309 e. The quantitative estimate of drug-likeness (QED) is 0.167. The zero-order valence-electron chi connectivity index (χ0n) is 33.0. The van der Waals surface area contributed by atoms with E-state index in [1.54, 1.807) is 19.4 Å². The van der Waals surface area contributed by atoms with Crippen molar-refractivity contribution in [3.8, 4) is 0 Å². The number of fused-ring (bicyclic) bond motifs is 7. The van der Waals surface area contributed by atoms with Gasteiger partial charge in [-0.3, -0.25) is 14.4 Å². The number of carbonyl (C=O) groups is 3. The van der Waals surface area contributed by atoms with Crippen LogP contribution in [-0.2, 0) is 25.7 Å². The lowest BCUT2D eigenvalue weighted by Gasteiger charge is -2.71. The van der Waals surface area contributed by atoms with Gasteiger partial charge in [-0.15, -0.1) is 0 Å². The van der Waals surface area contributed by atoms with Gasteiger partial charge in [-0.05, 0) is 142 Å². The average Bonchev–Trinajstić information content (AvgIpc) is 3.37. The van der Waals surface area contributed by atoms with Crippen molar-refractivity contribution in [3.63, 3.8) is 0 Å². The molecule has 0 radical (unpaired) electrons. The molecule has 0 aliphatic heterocycles. The molecule has 4 fully saturated rings. The molecule has 9 atom stereocenters. The summed E-state index contributed by atoms with van der Waals surface area (Å²) in [6.07, 6.45) is 12.5. The predicted octanol–water partition coefficient (Wildman–Crippen LogP) is 9.95. The number of aliphatic carboxylic acids is 1. The largest absolute Gasteiger partial charge is 0.481 e. The lowest BCUT2D eigenvalue weighted by atomic mass is 9.33. The number of Topliss-reactive ketones (excluding diaryl/α,β-unsaturated/α-hetero) is 1. The fourth-order valence-electron chi connectivity index (χ4n) is 13.1. The van der Waals surface area contributed by atoms with Gasteiger partial charge in [-0.2, -0.15) is 0 Å². The van der Waals surface area contributed by atoms with Crippen LogP contribution in [0.1, 0.15) is 144 Å². The summed E-state index contributed by atoms with van der Waals surface area (Å²) in [6, 6.07) is 10.6. The zero-order chi connectivity index (χ0) is 37.0. The molecule has 1 aromatic carbocycles. The first-order valence-electron chi connectivity index (χ1n) is 20.5. The topological polar surface area (TPSA) is 92.7 Å². The number of ether oxygens (including phenoxy) is 1. The molecule has 0 heterocycles. The van der Waals surface area contributed by atoms with E-state index in [0.717, 1.165) is 64.5 Å². The van der Waals surface area contributed by atoms with Gasteiger partial charge >= 0.3 is 11.9 Å². The van der Waals surface area contributed by atoms with Gasteiger partial charge in [0, 0.05) is 18.4 Å². The van der Waals surface area contributed by atoms with E-state index >= 15 is 0 Å². The summed E-state index contributed by atoms with van der Waals surface area (Å²) < 4.78 is 6.23. The number of nitrogens with one attached hydrogen (secondary N) is 1. The fourth-order valence-corrected chi connectivity index (χ4v) is 13.1. The summed E-state index contributed by atoms with van der Waals surface area (Å²) in [6.45, 7) is 19.6. The smallest absolute Gasteiger partial charge is 0.309 e. The Labute approximate surface area is 308 Å². The van der Waals surface area contributed by atoms with Gasteiger partial charge in [0.2, 0.25) is 0 Å². The van der Waals surface area contributed by atoms with Crippen molar-refractivity contribution in [2.45, 2.75) is 152 Å². The predicted molar refractivity (Wildman–Crippen MR) is 203 cm³/mol. The summed E-state index contributed by atoms with van der Waals surface area (Å²) in [5.41, 5.74) is 3.37. The normalized spacial score (nSPS) is 37.7. The van der Waals surface area contributed by atoms with Crippen molar-refractivity contribution in [3.05, 3.63) is 47.0 Å². The molecule has 0 saturated heterocycles. The second-order valence-electron chi connectivity index (χ2n) is 19.3. The minimum Gasteiger partial charge on any atom is -0.481 e. The molecule has 6 nitrogen and oxygen atoms in total. The van der Waals surface area contributed by atoms with Gasteiger partial charge in [0.05, 0.1) is 11.8 Å². The highest BCUT2D eigenvalue weighted by Crippen LogP contribution is 2.76. The van der Waals surface area contributed by atoms with Gasteiger partial charge < -0.3 is 15.2 Å². The van der Waals surface area contributed by atoms with Crippen LogP contribution >= 0.6 is 0 Å². The minimum atomic E-state index is -1.13. The first-order chi connectivity index (χ1) is 24.0. The zero-order valence-corrected chi connectivity index (χ0v) is 33.0. The van der Waals surface area contributed by atoms with Crippen LogP contribution in [0, 0.1) is 56.7 Å². The van der Waals surface area contributed by atoms with Crippen LogP contribution in [0.2, 0.25) is 0 Å². The van der Waals surface area contributed by atoms with E-state index in [9.17, 15) is 19.5 Å². The minimum absolute atomic E-state index is 0.0157. The van der Waals surface area contributed by atoms with Crippen LogP contribution in [0.5, 0.6) is 0 Å². The second-order valence-corrected chi connectivity index (χ2v) is 19.3. The maximum atomic E-state index is 14.0. The third kappa shape index (κ3) is 6.46. The number of rotatable bonds is 12. The third-order valence-corrected chi connectivity index (χ3v) is 15.9. The number of benzene rings is 1. The lowest BCUT2D eigenvalue weighted by Crippen LogP contribution is -2.64. The van der Waals surface area contributed by atoms with Crippen LogP contribution in [0.3, 0.4) is 0 Å². The molecular formula is C45H67NO5. The van der Waals surface area contributed by atoms with Gasteiger partial charge in [0.1, 0.15) is 6.10 Å². The number of hydrogen-bond acceptors (Lipinski definition) is 5. The second kappa shape index (κ2) is 14.1. The summed E-state index contributed by atoms with van der Waals surface area (Å²) >= 11 is 0. The Bertz CT molecular complexity index is 1510. The summed E-state index contributed by atoms with van der Waals surface area (Å²) in [4.78, 5) is 38.9. The highest BCUT2D eigenvalue weighted by Gasteiger charge is 2.69. The number of allylic oxidation sites excluding steroid dienone is 2. The van der Waals surface area contributed by atoms with Gasteiger partial charge in [0.15, 0.2) is 5.78 Å². The van der Waals surface area contributed by atoms with Crippen molar-refractivity contribution >= 4 is 17.7 Å². The number of carbonyl (C=O) groups excluding carboxylic acids is 2. The average molecular weight is 702 g/mol. The Morgan fingerprint density at radius 3 is 2.37 bits per heavy atom. The molecule has 0 amide bonds. The molecule has 0 bridgehead atoms. The molecule has 1 aromatic rings. The Morgan fingerprint density at radius 1 is 0.980 bits per heavy atom. The van der Waals surface area contributed by atoms with E-state index < -0.39 is 11.4 Å². The Balaban J connectivity index is 1.25. The van der Waals surface area contributed by atoms with Gasteiger partial charge in [0.25, 0.3) is 0 Å². The van der Waals surface area contributed by atoms with Crippen molar-refractivity contribution < 1.29 is 24.2 Å². The van der Waals surface area contributed by atoms with Crippen molar-refractivity contribution in [1.29, 1.82) is 0 Å². The van der Waals surface area contributed by atoms with Gasteiger partial charge in [-0.1, -0.05) is 83.9 Å².